The molecular weight excluding hydrogens is 304 g/mol. The topological polar surface area (TPSA) is 109 Å². The van der Waals surface area contributed by atoms with Crippen molar-refractivity contribution in [2.45, 2.75) is 71.9 Å². The molecule has 1 unspecified atom stereocenters. The highest BCUT2D eigenvalue weighted by Gasteiger charge is 2.56. The molecule has 0 aliphatic carbocycles. The van der Waals surface area contributed by atoms with Gasteiger partial charge in [-0.05, 0) is 10.8 Å². The quantitative estimate of drug-likeness (QED) is 0.533. The average molecular weight is 336 g/mol. The second-order valence-electron chi connectivity index (χ2n) is 8.62. The largest absolute Gasteiger partial charge is 0.394 e. The molecule has 1 aliphatic rings. The van der Waals surface area contributed by atoms with E-state index in [0.717, 1.165) is 0 Å². The van der Waals surface area contributed by atoms with E-state index < -0.39 is 37.0 Å². The Balaban J connectivity index is 2.84. The predicted molar refractivity (Wildman–Crippen MR) is 83.5 cm³/mol. The molecule has 1 heterocycles. The molecule has 0 radical (unpaired) electrons. The molecular formula is C16H32O7. The Morgan fingerprint density at radius 3 is 1.87 bits per heavy atom. The number of hydrogen-bond donors (Lipinski definition) is 4. The number of aliphatic hydroxyl groups is 4. The van der Waals surface area contributed by atoms with E-state index in [-0.39, 0.29) is 24.0 Å². The van der Waals surface area contributed by atoms with Crippen LogP contribution in [0.4, 0.5) is 0 Å². The Morgan fingerprint density at radius 1 is 0.957 bits per heavy atom. The Labute approximate surface area is 138 Å². The Kier molecular flexibility index (Phi) is 6.60. The highest BCUT2D eigenvalue weighted by Crippen LogP contribution is 2.32. The summed E-state index contributed by atoms with van der Waals surface area (Å²) in [5, 5.41) is 40.3. The lowest BCUT2D eigenvalue weighted by Gasteiger charge is -2.47. The van der Waals surface area contributed by atoms with Crippen LogP contribution in [0.25, 0.3) is 0 Å². The van der Waals surface area contributed by atoms with E-state index in [2.05, 4.69) is 0 Å². The van der Waals surface area contributed by atoms with Crippen molar-refractivity contribution in [3.8, 4) is 0 Å². The van der Waals surface area contributed by atoms with Gasteiger partial charge >= 0.3 is 0 Å². The Morgan fingerprint density at radius 2 is 1.43 bits per heavy atom. The summed E-state index contributed by atoms with van der Waals surface area (Å²) in [6.07, 6.45) is -5.26. The van der Waals surface area contributed by atoms with Gasteiger partial charge in [-0.15, -0.1) is 0 Å². The minimum absolute atomic E-state index is 0.190. The first-order chi connectivity index (χ1) is 10.3. The van der Waals surface area contributed by atoms with Crippen molar-refractivity contribution < 1.29 is 34.6 Å². The van der Waals surface area contributed by atoms with Gasteiger partial charge in [-0.2, -0.15) is 0 Å². The molecule has 0 saturated carbocycles. The fourth-order valence-corrected chi connectivity index (χ4v) is 2.13. The molecule has 1 aliphatic heterocycles. The Hall–Kier alpha value is -0.280. The van der Waals surface area contributed by atoms with Crippen LogP contribution in [0.5, 0.6) is 0 Å². The normalized spacial score (nSPS) is 32.1. The van der Waals surface area contributed by atoms with Gasteiger partial charge in [0.2, 0.25) is 5.79 Å². The minimum Gasteiger partial charge on any atom is -0.394 e. The number of ether oxygens (including phenoxy) is 3. The lowest BCUT2D eigenvalue weighted by atomic mass is 9.93. The zero-order chi connectivity index (χ0) is 18.1. The Bertz CT molecular complexity index is 370. The van der Waals surface area contributed by atoms with Crippen LogP contribution in [-0.4, -0.2) is 70.6 Å². The molecule has 0 amide bonds. The van der Waals surface area contributed by atoms with Gasteiger partial charge < -0.3 is 34.6 Å². The van der Waals surface area contributed by atoms with E-state index in [1.54, 1.807) is 0 Å². The molecule has 1 fully saturated rings. The summed E-state index contributed by atoms with van der Waals surface area (Å²) in [5.41, 5.74) is -0.411. The zero-order valence-electron chi connectivity index (χ0n) is 14.9. The van der Waals surface area contributed by atoms with E-state index >= 15 is 0 Å². The van der Waals surface area contributed by atoms with Crippen LogP contribution in [-0.2, 0) is 14.2 Å². The van der Waals surface area contributed by atoms with Crippen molar-refractivity contribution in [3.63, 3.8) is 0 Å². The fourth-order valence-electron chi connectivity index (χ4n) is 2.13. The smallest absolute Gasteiger partial charge is 0.224 e. The third kappa shape index (κ3) is 5.94. The molecule has 0 bridgehead atoms. The zero-order valence-corrected chi connectivity index (χ0v) is 14.9. The second kappa shape index (κ2) is 7.31. The van der Waals surface area contributed by atoms with Crippen LogP contribution in [0.15, 0.2) is 0 Å². The van der Waals surface area contributed by atoms with Crippen LogP contribution < -0.4 is 0 Å². The van der Waals surface area contributed by atoms with E-state index in [1.807, 2.05) is 41.5 Å². The first kappa shape index (κ1) is 20.8. The predicted octanol–water partition coefficient (Wildman–Crippen LogP) is 0.239. The van der Waals surface area contributed by atoms with Crippen molar-refractivity contribution in [1.82, 2.24) is 0 Å². The SMILES string of the molecule is CC(C)(C)CO[C@@H]1OC(CO)[C@@H](OCC(C)(C)C)C(O)(O)[C@@H]1O. The molecule has 7 nitrogen and oxygen atoms in total. The third-order valence-electron chi connectivity index (χ3n) is 3.31. The molecule has 0 aromatic heterocycles. The lowest BCUT2D eigenvalue weighted by Crippen LogP contribution is -2.68. The van der Waals surface area contributed by atoms with E-state index in [9.17, 15) is 20.4 Å². The van der Waals surface area contributed by atoms with Gasteiger partial charge in [-0.1, -0.05) is 41.5 Å². The minimum atomic E-state index is -2.58. The van der Waals surface area contributed by atoms with Gasteiger partial charge in [-0.25, -0.2) is 0 Å². The molecule has 23 heavy (non-hydrogen) atoms. The van der Waals surface area contributed by atoms with Crippen molar-refractivity contribution in [2.75, 3.05) is 19.8 Å². The summed E-state index contributed by atoms with van der Waals surface area (Å²) in [5.74, 6) is -2.58. The number of hydrogen-bond acceptors (Lipinski definition) is 7. The molecule has 4 N–H and O–H groups in total. The van der Waals surface area contributed by atoms with Crippen molar-refractivity contribution >= 4 is 0 Å². The van der Waals surface area contributed by atoms with Crippen LogP contribution in [0.2, 0.25) is 0 Å². The molecule has 1 saturated heterocycles. The van der Waals surface area contributed by atoms with Crippen molar-refractivity contribution in [1.29, 1.82) is 0 Å². The first-order valence-corrected chi connectivity index (χ1v) is 7.90. The van der Waals surface area contributed by atoms with E-state index in [0.29, 0.717) is 0 Å². The summed E-state index contributed by atoms with van der Waals surface area (Å²) in [7, 11) is 0. The standard InChI is InChI=1S/C16H32O7/c1-14(2,3)8-21-12-10(7-17)23-13(11(18)16(12,19)20)22-9-15(4,5)6/h10-13,17-20H,7-9H2,1-6H3/t10?,11-,12-,13-/m1/s1. The van der Waals surface area contributed by atoms with Gasteiger partial charge in [-0.3, -0.25) is 0 Å². The number of aliphatic hydroxyl groups excluding tert-OH is 2. The second-order valence-corrected chi connectivity index (χ2v) is 8.62. The molecule has 0 aromatic carbocycles. The van der Waals surface area contributed by atoms with Crippen LogP contribution >= 0.6 is 0 Å². The van der Waals surface area contributed by atoms with Gasteiger partial charge in [0.05, 0.1) is 19.8 Å². The summed E-state index contributed by atoms with van der Waals surface area (Å²) >= 11 is 0. The summed E-state index contributed by atoms with van der Waals surface area (Å²) in [6, 6.07) is 0. The molecule has 0 aromatic rings. The summed E-state index contributed by atoms with van der Waals surface area (Å²) in [4.78, 5) is 0. The first-order valence-electron chi connectivity index (χ1n) is 7.90. The average Bonchev–Trinajstić information content (AvgIpc) is 2.36. The third-order valence-corrected chi connectivity index (χ3v) is 3.31. The summed E-state index contributed by atoms with van der Waals surface area (Å²) in [6.45, 7) is 11.5. The maximum absolute atomic E-state index is 10.3. The van der Waals surface area contributed by atoms with E-state index in [4.69, 9.17) is 14.2 Å². The highest BCUT2D eigenvalue weighted by atomic mass is 16.7. The van der Waals surface area contributed by atoms with Gasteiger partial charge in [0.25, 0.3) is 0 Å². The van der Waals surface area contributed by atoms with Crippen LogP contribution in [0, 0.1) is 10.8 Å². The number of rotatable bonds is 5. The molecule has 1 rings (SSSR count). The molecule has 138 valence electrons. The fraction of sp³-hybridized carbons (Fsp3) is 1.00. The van der Waals surface area contributed by atoms with Crippen molar-refractivity contribution in [3.05, 3.63) is 0 Å². The van der Waals surface area contributed by atoms with Gasteiger partial charge in [0, 0.05) is 0 Å². The maximum Gasteiger partial charge on any atom is 0.224 e. The van der Waals surface area contributed by atoms with E-state index in [1.165, 1.54) is 0 Å². The van der Waals surface area contributed by atoms with Crippen molar-refractivity contribution in [2.24, 2.45) is 10.8 Å². The van der Waals surface area contributed by atoms with Gasteiger partial charge in [0.15, 0.2) is 12.4 Å². The highest BCUT2D eigenvalue weighted by molar-refractivity contribution is 4.96. The maximum atomic E-state index is 10.3. The summed E-state index contributed by atoms with van der Waals surface area (Å²) < 4.78 is 16.5. The van der Waals surface area contributed by atoms with Gasteiger partial charge in [0.1, 0.15) is 12.2 Å². The molecule has 4 atom stereocenters. The molecule has 0 spiro atoms. The monoisotopic (exact) mass is 336 g/mol. The lowest BCUT2D eigenvalue weighted by molar-refractivity contribution is -0.396. The van der Waals surface area contributed by atoms with Crippen LogP contribution in [0.1, 0.15) is 41.5 Å². The molecule has 7 heteroatoms. The van der Waals surface area contributed by atoms with Crippen LogP contribution in [0.3, 0.4) is 0 Å².